The molecular formula is C26H25N3O4. The predicted octanol–water partition coefficient (Wildman–Crippen LogP) is 3.71. The van der Waals surface area contributed by atoms with Crippen LogP contribution >= 0.6 is 0 Å². The van der Waals surface area contributed by atoms with Crippen molar-refractivity contribution in [2.45, 2.75) is 19.6 Å². The number of nitrogens with zero attached hydrogens (tertiary/aromatic N) is 2. The second-order valence-electron chi connectivity index (χ2n) is 7.57. The number of carbonyl (C=O) groups excluding carboxylic acids is 1. The van der Waals surface area contributed by atoms with Gasteiger partial charge in [0.15, 0.2) is 0 Å². The Labute approximate surface area is 191 Å². The summed E-state index contributed by atoms with van der Waals surface area (Å²) < 4.78 is 6.51. The third-order valence-corrected chi connectivity index (χ3v) is 5.22. The summed E-state index contributed by atoms with van der Waals surface area (Å²) in [4.78, 5) is 29.7. The van der Waals surface area contributed by atoms with E-state index in [1.54, 1.807) is 43.3 Å². The number of nitrogens with one attached hydrogen (secondary N) is 1. The highest BCUT2D eigenvalue weighted by Crippen LogP contribution is 2.19. The molecule has 0 bridgehead atoms. The number of benzene rings is 3. The molecule has 1 unspecified atom stereocenters. The Hall–Kier alpha value is -3.97. The number of anilines is 1. The molecule has 0 fully saturated rings. The minimum atomic E-state index is -0.849. The summed E-state index contributed by atoms with van der Waals surface area (Å²) >= 11 is 0. The van der Waals surface area contributed by atoms with Gasteiger partial charge in [-0.2, -0.15) is 0 Å². The van der Waals surface area contributed by atoms with Gasteiger partial charge in [-0.15, -0.1) is 0 Å². The average molecular weight is 444 g/mol. The summed E-state index contributed by atoms with van der Waals surface area (Å²) in [5.41, 5.74) is 2.43. The molecule has 7 nitrogen and oxygen atoms in total. The van der Waals surface area contributed by atoms with Gasteiger partial charge in [-0.3, -0.25) is 9.36 Å². The van der Waals surface area contributed by atoms with E-state index in [-0.39, 0.29) is 24.6 Å². The minimum Gasteiger partial charge on any atom is -0.462 e. The number of aliphatic hydroxyl groups is 1. The first-order valence-corrected chi connectivity index (χ1v) is 10.8. The molecule has 1 atom stereocenters. The third-order valence-electron chi connectivity index (χ3n) is 5.22. The maximum absolute atomic E-state index is 13.2. The SMILES string of the molecule is CCOC(=O)c1ccc(NCC(O)Cn2c(-c3ccccc3)nc3ccccc3c2=O)cc1. The van der Waals surface area contributed by atoms with Crippen molar-refractivity contribution in [1.82, 2.24) is 9.55 Å². The van der Waals surface area contributed by atoms with Crippen LogP contribution in [-0.2, 0) is 11.3 Å². The van der Waals surface area contributed by atoms with Gasteiger partial charge in [0.25, 0.3) is 5.56 Å². The lowest BCUT2D eigenvalue weighted by molar-refractivity contribution is 0.0526. The molecule has 4 rings (SSSR count). The number of ether oxygens (including phenoxy) is 1. The fourth-order valence-electron chi connectivity index (χ4n) is 3.59. The van der Waals surface area contributed by atoms with E-state index in [2.05, 4.69) is 5.32 Å². The van der Waals surface area contributed by atoms with Gasteiger partial charge in [-0.05, 0) is 43.3 Å². The van der Waals surface area contributed by atoms with Crippen LogP contribution in [0.1, 0.15) is 17.3 Å². The minimum absolute atomic E-state index is 0.0782. The molecule has 0 aliphatic rings. The van der Waals surface area contributed by atoms with E-state index < -0.39 is 6.10 Å². The Morgan fingerprint density at radius 3 is 2.45 bits per heavy atom. The van der Waals surface area contributed by atoms with Crippen molar-refractivity contribution in [3.8, 4) is 11.4 Å². The standard InChI is InChI=1S/C26H25N3O4/c1-2-33-26(32)19-12-14-20(15-13-19)27-16-21(30)17-29-24(18-8-4-3-5-9-18)28-23-11-7-6-10-22(23)25(29)31/h3-15,21,27,30H,2,16-17H2,1H3. The number of hydrogen-bond donors (Lipinski definition) is 2. The van der Waals surface area contributed by atoms with Crippen molar-refractivity contribution >= 4 is 22.6 Å². The normalized spacial score (nSPS) is 11.8. The van der Waals surface area contributed by atoms with Crippen LogP contribution in [0.25, 0.3) is 22.3 Å². The van der Waals surface area contributed by atoms with Gasteiger partial charge in [0, 0.05) is 17.8 Å². The van der Waals surface area contributed by atoms with Crippen LogP contribution in [0.4, 0.5) is 5.69 Å². The number of rotatable bonds is 8. The molecule has 0 spiro atoms. The van der Waals surface area contributed by atoms with Crippen molar-refractivity contribution in [1.29, 1.82) is 0 Å². The molecule has 7 heteroatoms. The summed E-state index contributed by atoms with van der Waals surface area (Å²) in [6, 6.07) is 23.5. The number of aliphatic hydroxyl groups excluding tert-OH is 1. The van der Waals surface area contributed by atoms with Crippen LogP contribution in [0, 0.1) is 0 Å². The molecule has 0 radical (unpaired) electrons. The van der Waals surface area contributed by atoms with Gasteiger partial charge in [-0.1, -0.05) is 42.5 Å². The number of carbonyl (C=O) groups is 1. The quantitative estimate of drug-likeness (QED) is 0.403. The lowest BCUT2D eigenvalue weighted by Crippen LogP contribution is -2.32. The fourth-order valence-corrected chi connectivity index (χ4v) is 3.59. The molecule has 0 saturated heterocycles. The Morgan fingerprint density at radius 2 is 1.73 bits per heavy atom. The Kier molecular flexibility index (Phi) is 6.80. The second kappa shape index (κ2) is 10.1. The molecule has 168 valence electrons. The molecule has 1 aromatic heterocycles. The monoisotopic (exact) mass is 443 g/mol. The van der Waals surface area contributed by atoms with E-state index in [9.17, 15) is 14.7 Å². The van der Waals surface area contributed by atoms with Crippen molar-refractivity contribution in [3.05, 3.63) is 94.8 Å². The molecule has 0 aliphatic carbocycles. The fraction of sp³-hybridized carbons (Fsp3) is 0.192. The highest BCUT2D eigenvalue weighted by atomic mass is 16.5. The van der Waals surface area contributed by atoms with Crippen LogP contribution in [0.3, 0.4) is 0 Å². The summed E-state index contributed by atoms with van der Waals surface area (Å²) in [5.74, 6) is 0.137. The Balaban J connectivity index is 1.54. The van der Waals surface area contributed by atoms with Crippen molar-refractivity contribution in [3.63, 3.8) is 0 Å². The first-order chi connectivity index (χ1) is 16.1. The summed E-state index contributed by atoms with van der Waals surface area (Å²) in [6.45, 7) is 2.37. The summed E-state index contributed by atoms with van der Waals surface area (Å²) in [7, 11) is 0. The molecule has 0 saturated carbocycles. The van der Waals surface area contributed by atoms with E-state index >= 15 is 0 Å². The van der Waals surface area contributed by atoms with E-state index in [1.165, 1.54) is 4.57 Å². The van der Waals surface area contributed by atoms with Crippen molar-refractivity contribution < 1.29 is 14.6 Å². The largest absolute Gasteiger partial charge is 0.462 e. The Bertz CT molecular complexity index is 1300. The van der Waals surface area contributed by atoms with Gasteiger partial charge in [-0.25, -0.2) is 9.78 Å². The van der Waals surface area contributed by atoms with Crippen LogP contribution < -0.4 is 10.9 Å². The van der Waals surface area contributed by atoms with Crippen LogP contribution in [0.5, 0.6) is 0 Å². The zero-order chi connectivity index (χ0) is 23.2. The van der Waals surface area contributed by atoms with Crippen LogP contribution in [0.15, 0.2) is 83.7 Å². The molecule has 1 heterocycles. The van der Waals surface area contributed by atoms with Gasteiger partial charge in [0.05, 0.1) is 35.7 Å². The number of aromatic nitrogens is 2. The number of hydrogen-bond acceptors (Lipinski definition) is 6. The molecule has 0 amide bonds. The second-order valence-corrected chi connectivity index (χ2v) is 7.57. The van der Waals surface area contributed by atoms with E-state index in [4.69, 9.17) is 9.72 Å². The zero-order valence-electron chi connectivity index (χ0n) is 18.3. The smallest absolute Gasteiger partial charge is 0.338 e. The lowest BCUT2D eigenvalue weighted by Gasteiger charge is -2.18. The first kappa shape index (κ1) is 22.2. The maximum Gasteiger partial charge on any atom is 0.338 e. The van der Waals surface area contributed by atoms with Crippen molar-refractivity contribution in [2.24, 2.45) is 0 Å². The predicted molar refractivity (Wildman–Crippen MR) is 128 cm³/mol. The maximum atomic E-state index is 13.2. The van der Waals surface area contributed by atoms with E-state index in [1.807, 2.05) is 42.5 Å². The lowest BCUT2D eigenvalue weighted by atomic mass is 10.1. The highest BCUT2D eigenvalue weighted by molar-refractivity contribution is 5.89. The average Bonchev–Trinajstić information content (AvgIpc) is 2.85. The first-order valence-electron chi connectivity index (χ1n) is 10.8. The third kappa shape index (κ3) is 5.10. The Morgan fingerprint density at radius 1 is 1.03 bits per heavy atom. The van der Waals surface area contributed by atoms with Crippen LogP contribution in [-0.4, -0.2) is 39.9 Å². The molecule has 0 aliphatic heterocycles. The molecule has 3 aromatic carbocycles. The molecular weight excluding hydrogens is 418 g/mol. The van der Waals surface area contributed by atoms with E-state index in [0.717, 1.165) is 11.3 Å². The van der Waals surface area contributed by atoms with Crippen LogP contribution in [0.2, 0.25) is 0 Å². The summed E-state index contributed by atoms with van der Waals surface area (Å²) in [6.07, 6.45) is -0.849. The number of esters is 1. The van der Waals surface area contributed by atoms with Gasteiger partial charge in [0.1, 0.15) is 5.82 Å². The number of fused-ring (bicyclic) bond motifs is 1. The number of para-hydroxylation sites is 1. The molecule has 33 heavy (non-hydrogen) atoms. The van der Waals surface area contributed by atoms with Gasteiger partial charge >= 0.3 is 5.97 Å². The zero-order valence-corrected chi connectivity index (χ0v) is 18.3. The summed E-state index contributed by atoms with van der Waals surface area (Å²) in [5, 5.41) is 14.4. The van der Waals surface area contributed by atoms with Gasteiger partial charge in [0.2, 0.25) is 0 Å². The highest BCUT2D eigenvalue weighted by Gasteiger charge is 2.16. The molecule has 4 aromatic rings. The van der Waals surface area contributed by atoms with Crippen molar-refractivity contribution in [2.75, 3.05) is 18.5 Å². The molecule has 2 N–H and O–H groups in total. The van der Waals surface area contributed by atoms with Gasteiger partial charge < -0.3 is 15.2 Å². The van der Waals surface area contributed by atoms with E-state index in [0.29, 0.717) is 28.9 Å². The topological polar surface area (TPSA) is 93.4 Å².